The Kier molecular flexibility index (Phi) is 4.91. The Morgan fingerprint density at radius 3 is 2.71 bits per heavy atom. The van der Waals surface area contributed by atoms with E-state index in [9.17, 15) is 0 Å². The van der Waals surface area contributed by atoms with Crippen LogP contribution in [-0.4, -0.2) is 15.0 Å². The summed E-state index contributed by atoms with van der Waals surface area (Å²) in [5.41, 5.74) is 3.98. The topological polar surface area (TPSA) is 62.7 Å². The monoisotopic (exact) mass is 339 g/mol. The van der Waals surface area contributed by atoms with Crippen molar-refractivity contribution in [3.63, 3.8) is 0 Å². The summed E-state index contributed by atoms with van der Waals surface area (Å²) in [6.45, 7) is 4.57. The number of rotatable bonds is 5. The molecular formula is C18H18ClN5. The van der Waals surface area contributed by atoms with Gasteiger partial charge >= 0.3 is 0 Å². The number of halogens is 1. The predicted octanol–water partition coefficient (Wildman–Crippen LogP) is 4.50. The number of hydrogen-bond acceptors (Lipinski definition) is 5. The molecule has 0 amide bonds. The van der Waals surface area contributed by atoms with Crippen molar-refractivity contribution < 1.29 is 0 Å². The van der Waals surface area contributed by atoms with Crippen molar-refractivity contribution in [1.29, 1.82) is 0 Å². The number of nitrogens with zero attached hydrogens (tertiary/aromatic N) is 3. The van der Waals surface area contributed by atoms with E-state index in [1.807, 2.05) is 56.4 Å². The van der Waals surface area contributed by atoms with Crippen LogP contribution in [0.1, 0.15) is 16.8 Å². The molecule has 1 aromatic carbocycles. The van der Waals surface area contributed by atoms with Gasteiger partial charge in [0.05, 0.1) is 0 Å². The van der Waals surface area contributed by atoms with Crippen LogP contribution in [0.25, 0.3) is 0 Å². The van der Waals surface area contributed by atoms with Crippen LogP contribution in [0.2, 0.25) is 5.02 Å². The third-order valence-electron chi connectivity index (χ3n) is 3.48. The Morgan fingerprint density at radius 2 is 1.96 bits per heavy atom. The average Bonchev–Trinajstić information content (AvgIpc) is 2.56. The number of benzene rings is 1. The maximum Gasteiger partial charge on any atom is 0.225 e. The van der Waals surface area contributed by atoms with Gasteiger partial charge in [0.15, 0.2) is 0 Å². The summed E-state index contributed by atoms with van der Waals surface area (Å²) in [5, 5.41) is 7.26. The normalized spacial score (nSPS) is 10.5. The van der Waals surface area contributed by atoms with Gasteiger partial charge in [0.25, 0.3) is 0 Å². The summed E-state index contributed by atoms with van der Waals surface area (Å²) in [6.07, 6.45) is 3.57. The van der Waals surface area contributed by atoms with E-state index in [-0.39, 0.29) is 0 Å². The lowest BCUT2D eigenvalue weighted by atomic mass is 10.2. The molecule has 2 heterocycles. The van der Waals surface area contributed by atoms with Gasteiger partial charge in [-0.05, 0) is 49.2 Å². The molecule has 0 spiro atoms. The van der Waals surface area contributed by atoms with E-state index < -0.39 is 0 Å². The second kappa shape index (κ2) is 7.27. The number of pyridine rings is 1. The quantitative estimate of drug-likeness (QED) is 0.716. The zero-order valence-corrected chi connectivity index (χ0v) is 14.3. The van der Waals surface area contributed by atoms with Crippen molar-refractivity contribution >= 4 is 29.1 Å². The van der Waals surface area contributed by atoms with Crippen molar-refractivity contribution in [3.05, 3.63) is 70.6 Å². The minimum atomic E-state index is 0.577. The van der Waals surface area contributed by atoms with Crippen LogP contribution in [0.5, 0.6) is 0 Å². The maximum atomic E-state index is 6.00. The minimum absolute atomic E-state index is 0.577. The summed E-state index contributed by atoms with van der Waals surface area (Å²) >= 11 is 6.00. The molecule has 0 saturated heterocycles. The molecule has 0 aliphatic heterocycles. The zero-order valence-electron chi connectivity index (χ0n) is 13.5. The molecule has 0 bridgehead atoms. The highest BCUT2D eigenvalue weighted by molar-refractivity contribution is 6.30. The summed E-state index contributed by atoms with van der Waals surface area (Å²) in [5.74, 6) is 1.31. The van der Waals surface area contributed by atoms with E-state index in [1.54, 1.807) is 6.20 Å². The van der Waals surface area contributed by atoms with Crippen LogP contribution < -0.4 is 10.6 Å². The van der Waals surface area contributed by atoms with E-state index >= 15 is 0 Å². The number of aryl methyl sites for hydroxylation is 2. The van der Waals surface area contributed by atoms with Gasteiger partial charge in [-0.25, -0.2) is 4.98 Å². The van der Waals surface area contributed by atoms with Crippen molar-refractivity contribution in [1.82, 2.24) is 15.0 Å². The standard InChI is InChI=1S/C18H18ClN5/c1-12-8-15(19)5-6-16(12)23-17-9-13(2)22-18(24-17)21-11-14-4-3-7-20-10-14/h3-10H,11H2,1-2H3,(H2,21,22,23,24). The molecule has 3 aromatic rings. The molecule has 6 heteroatoms. The Hall–Kier alpha value is -2.66. The fraction of sp³-hybridized carbons (Fsp3) is 0.167. The Morgan fingerprint density at radius 1 is 1.08 bits per heavy atom. The van der Waals surface area contributed by atoms with Gasteiger partial charge in [-0.3, -0.25) is 4.98 Å². The maximum absolute atomic E-state index is 6.00. The van der Waals surface area contributed by atoms with Crippen LogP contribution in [0, 0.1) is 13.8 Å². The van der Waals surface area contributed by atoms with Gasteiger partial charge in [0.2, 0.25) is 5.95 Å². The second-order valence-electron chi connectivity index (χ2n) is 5.52. The van der Waals surface area contributed by atoms with Crippen LogP contribution in [0.3, 0.4) is 0 Å². The molecule has 0 saturated carbocycles. The van der Waals surface area contributed by atoms with Gasteiger partial charge in [-0.1, -0.05) is 17.7 Å². The zero-order chi connectivity index (χ0) is 16.9. The fourth-order valence-electron chi connectivity index (χ4n) is 2.30. The molecular weight excluding hydrogens is 322 g/mol. The first-order chi connectivity index (χ1) is 11.6. The van der Waals surface area contributed by atoms with Gasteiger partial charge in [0.1, 0.15) is 5.82 Å². The van der Waals surface area contributed by atoms with Crippen LogP contribution in [-0.2, 0) is 6.54 Å². The lowest BCUT2D eigenvalue weighted by Crippen LogP contribution is -2.06. The van der Waals surface area contributed by atoms with E-state index in [0.717, 1.165) is 33.3 Å². The lowest BCUT2D eigenvalue weighted by molar-refractivity contribution is 1.02. The van der Waals surface area contributed by atoms with E-state index in [4.69, 9.17) is 11.6 Å². The number of hydrogen-bond donors (Lipinski definition) is 2. The van der Waals surface area contributed by atoms with Gasteiger partial charge in [-0.15, -0.1) is 0 Å². The van der Waals surface area contributed by atoms with Crippen LogP contribution in [0.15, 0.2) is 48.8 Å². The van der Waals surface area contributed by atoms with Crippen molar-refractivity contribution in [3.8, 4) is 0 Å². The average molecular weight is 340 g/mol. The molecule has 0 radical (unpaired) electrons. The highest BCUT2D eigenvalue weighted by Gasteiger charge is 2.05. The fourth-order valence-corrected chi connectivity index (χ4v) is 2.53. The van der Waals surface area contributed by atoms with Gasteiger partial charge in [-0.2, -0.15) is 4.98 Å². The van der Waals surface area contributed by atoms with Crippen LogP contribution >= 0.6 is 11.6 Å². The largest absolute Gasteiger partial charge is 0.350 e. The van der Waals surface area contributed by atoms with Gasteiger partial charge < -0.3 is 10.6 Å². The molecule has 0 atom stereocenters. The third-order valence-corrected chi connectivity index (χ3v) is 3.71. The number of nitrogens with one attached hydrogen (secondary N) is 2. The molecule has 3 rings (SSSR count). The van der Waals surface area contributed by atoms with Crippen molar-refractivity contribution in [2.24, 2.45) is 0 Å². The Bertz CT molecular complexity index is 836. The Labute approximate surface area is 146 Å². The highest BCUT2D eigenvalue weighted by atomic mass is 35.5. The molecule has 2 aromatic heterocycles. The van der Waals surface area contributed by atoms with E-state index in [0.29, 0.717) is 12.5 Å². The van der Waals surface area contributed by atoms with Gasteiger partial charge in [0, 0.05) is 41.4 Å². The third kappa shape index (κ3) is 4.20. The molecule has 5 nitrogen and oxygen atoms in total. The molecule has 2 N–H and O–H groups in total. The minimum Gasteiger partial charge on any atom is -0.350 e. The summed E-state index contributed by atoms with van der Waals surface area (Å²) in [4.78, 5) is 13.0. The van der Waals surface area contributed by atoms with Crippen LogP contribution in [0.4, 0.5) is 17.5 Å². The molecule has 0 unspecified atom stereocenters. The molecule has 0 aliphatic carbocycles. The molecule has 122 valence electrons. The van der Waals surface area contributed by atoms with Crippen molar-refractivity contribution in [2.75, 3.05) is 10.6 Å². The summed E-state index contributed by atoms with van der Waals surface area (Å²) in [7, 11) is 0. The summed E-state index contributed by atoms with van der Waals surface area (Å²) < 4.78 is 0. The SMILES string of the molecule is Cc1cc(Nc2ccc(Cl)cc2C)nc(NCc2cccnc2)n1. The summed E-state index contributed by atoms with van der Waals surface area (Å²) in [6, 6.07) is 11.5. The number of aromatic nitrogens is 3. The van der Waals surface area contributed by atoms with E-state index in [2.05, 4.69) is 25.6 Å². The molecule has 0 aliphatic rings. The van der Waals surface area contributed by atoms with E-state index in [1.165, 1.54) is 0 Å². The lowest BCUT2D eigenvalue weighted by Gasteiger charge is -2.12. The first kappa shape index (κ1) is 16.2. The smallest absolute Gasteiger partial charge is 0.225 e. The first-order valence-corrected chi connectivity index (χ1v) is 7.99. The van der Waals surface area contributed by atoms with Crippen molar-refractivity contribution in [2.45, 2.75) is 20.4 Å². The number of anilines is 3. The Balaban J connectivity index is 1.76. The molecule has 24 heavy (non-hydrogen) atoms. The predicted molar refractivity (Wildman–Crippen MR) is 97.8 cm³/mol. The highest BCUT2D eigenvalue weighted by Crippen LogP contribution is 2.23. The molecule has 0 fully saturated rings. The first-order valence-electron chi connectivity index (χ1n) is 7.62. The second-order valence-corrected chi connectivity index (χ2v) is 5.95.